The second-order valence-corrected chi connectivity index (χ2v) is 6.48. The Hall–Kier alpha value is -0.150. The summed E-state index contributed by atoms with van der Waals surface area (Å²) in [5.74, 6) is 0.971. The maximum Gasteiger partial charge on any atom is 0.0784 e. The molecule has 2 N–H and O–H groups in total. The lowest BCUT2D eigenvalue weighted by Crippen LogP contribution is -2.35. The largest absolute Gasteiger partial charge is 0.393 e. The molecular formula is C14H28N2S. The summed E-state index contributed by atoms with van der Waals surface area (Å²) in [5, 5.41) is 0. The van der Waals surface area contributed by atoms with E-state index in [1.807, 2.05) is 0 Å². The van der Waals surface area contributed by atoms with Gasteiger partial charge in [-0.3, -0.25) is 0 Å². The average molecular weight is 256 g/mol. The van der Waals surface area contributed by atoms with Gasteiger partial charge in [0.05, 0.1) is 4.99 Å². The van der Waals surface area contributed by atoms with Gasteiger partial charge in [0.2, 0.25) is 0 Å². The van der Waals surface area contributed by atoms with E-state index in [1.54, 1.807) is 0 Å². The standard InChI is InChI=1S/C14H28N2S/c1-4-16(11-12-7-5-8-12)10-6-9-14(2,3)13(15)17/h12H,4-11H2,1-3H3,(H2,15,17). The number of hydrogen-bond acceptors (Lipinski definition) is 2. The van der Waals surface area contributed by atoms with Crippen molar-refractivity contribution < 1.29 is 0 Å². The third-order valence-corrected chi connectivity index (χ3v) is 4.68. The van der Waals surface area contributed by atoms with Crippen LogP contribution in [0, 0.1) is 11.3 Å². The highest BCUT2D eigenvalue weighted by atomic mass is 32.1. The van der Waals surface area contributed by atoms with E-state index < -0.39 is 0 Å². The lowest BCUT2D eigenvalue weighted by atomic mass is 9.84. The molecule has 0 aromatic rings. The van der Waals surface area contributed by atoms with Gasteiger partial charge in [-0.1, -0.05) is 39.4 Å². The Balaban J connectivity index is 2.20. The van der Waals surface area contributed by atoms with Crippen LogP contribution in [0.4, 0.5) is 0 Å². The number of nitrogens with two attached hydrogens (primary N) is 1. The van der Waals surface area contributed by atoms with Crippen molar-refractivity contribution >= 4 is 17.2 Å². The summed E-state index contributed by atoms with van der Waals surface area (Å²) in [7, 11) is 0. The van der Waals surface area contributed by atoms with E-state index in [4.69, 9.17) is 18.0 Å². The molecule has 0 spiro atoms. The van der Waals surface area contributed by atoms with Crippen LogP contribution in [0.5, 0.6) is 0 Å². The van der Waals surface area contributed by atoms with Gasteiger partial charge in [-0.25, -0.2) is 0 Å². The summed E-state index contributed by atoms with van der Waals surface area (Å²) >= 11 is 5.10. The highest BCUT2D eigenvalue weighted by Gasteiger charge is 2.22. The molecule has 0 radical (unpaired) electrons. The maximum atomic E-state index is 5.75. The lowest BCUT2D eigenvalue weighted by molar-refractivity contribution is 0.178. The fraction of sp³-hybridized carbons (Fsp3) is 0.929. The summed E-state index contributed by atoms with van der Waals surface area (Å²) in [4.78, 5) is 3.24. The molecule has 1 rings (SSSR count). The van der Waals surface area contributed by atoms with E-state index in [9.17, 15) is 0 Å². The molecule has 0 aromatic heterocycles. The second-order valence-electron chi connectivity index (χ2n) is 6.04. The van der Waals surface area contributed by atoms with Gasteiger partial charge in [-0.15, -0.1) is 0 Å². The van der Waals surface area contributed by atoms with Crippen molar-refractivity contribution in [3.63, 3.8) is 0 Å². The van der Waals surface area contributed by atoms with Gasteiger partial charge in [-0.05, 0) is 44.7 Å². The molecule has 3 heteroatoms. The van der Waals surface area contributed by atoms with Crippen LogP contribution in [-0.2, 0) is 0 Å². The van der Waals surface area contributed by atoms with Gasteiger partial charge >= 0.3 is 0 Å². The van der Waals surface area contributed by atoms with Gasteiger partial charge in [0, 0.05) is 12.0 Å². The van der Waals surface area contributed by atoms with Crippen molar-refractivity contribution in [3.8, 4) is 0 Å². The Bertz CT molecular complexity index is 247. The quantitative estimate of drug-likeness (QED) is 0.676. The Labute approximate surface area is 112 Å². The van der Waals surface area contributed by atoms with Crippen LogP contribution in [0.2, 0.25) is 0 Å². The molecule has 2 nitrogen and oxygen atoms in total. The minimum absolute atomic E-state index is 0.0191. The van der Waals surface area contributed by atoms with Crippen LogP contribution in [0.15, 0.2) is 0 Å². The zero-order valence-corrected chi connectivity index (χ0v) is 12.5. The maximum absolute atomic E-state index is 5.75. The van der Waals surface area contributed by atoms with Crippen molar-refractivity contribution in [1.29, 1.82) is 0 Å². The van der Waals surface area contributed by atoms with Crippen molar-refractivity contribution in [1.82, 2.24) is 4.90 Å². The molecule has 0 aliphatic heterocycles. The van der Waals surface area contributed by atoms with E-state index in [2.05, 4.69) is 25.7 Å². The first kappa shape index (κ1) is 14.9. The molecule has 0 bridgehead atoms. The molecule has 0 heterocycles. The van der Waals surface area contributed by atoms with E-state index in [0.717, 1.165) is 12.3 Å². The molecule has 100 valence electrons. The number of rotatable bonds is 8. The zero-order chi connectivity index (χ0) is 12.9. The Morgan fingerprint density at radius 1 is 1.41 bits per heavy atom. The van der Waals surface area contributed by atoms with Gasteiger partial charge in [-0.2, -0.15) is 0 Å². The summed E-state index contributed by atoms with van der Waals surface area (Å²) in [5.41, 5.74) is 5.77. The van der Waals surface area contributed by atoms with Crippen LogP contribution >= 0.6 is 12.2 Å². The monoisotopic (exact) mass is 256 g/mol. The Kier molecular flexibility index (Phi) is 5.87. The zero-order valence-electron chi connectivity index (χ0n) is 11.7. The topological polar surface area (TPSA) is 29.3 Å². The summed E-state index contributed by atoms with van der Waals surface area (Å²) in [6.07, 6.45) is 6.62. The van der Waals surface area contributed by atoms with Gasteiger partial charge in [0.1, 0.15) is 0 Å². The molecule has 1 fully saturated rings. The smallest absolute Gasteiger partial charge is 0.0784 e. The molecule has 0 amide bonds. The van der Waals surface area contributed by atoms with Gasteiger partial charge < -0.3 is 10.6 Å². The van der Waals surface area contributed by atoms with Crippen LogP contribution in [0.3, 0.4) is 0 Å². The normalized spacial score (nSPS) is 17.2. The van der Waals surface area contributed by atoms with Gasteiger partial charge in [0.15, 0.2) is 0 Å². The molecule has 17 heavy (non-hydrogen) atoms. The van der Waals surface area contributed by atoms with Crippen molar-refractivity contribution in [2.75, 3.05) is 19.6 Å². The molecule has 0 atom stereocenters. The summed E-state index contributed by atoms with van der Waals surface area (Å²) in [6, 6.07) is 0. The van der Waals surface area contributed by atoms with Crippen molar-refractivity contribution in [2.45, 2.75) is 52.9 Å². The SMILES string of the molecule is CCN(CCCC(C)(C)C(N)=S)CC1CCC1. The lowest BCUT2D eigenvalue weighted by Gasteiger charge is -2.32. The highest BCUT2D eigenvalue weighted by Crippen LogP contribution is 2.27. The minimum Gasteiger partial charge on any atom is -0.393 e. The first-order valence-electron chi connectivity index (χ1n) is 6.98. The molecule has 0 aromatic carbocycles. The first-order valence-corrected chi connectivity index (χ1v) is 7.39. The third kappa shape index (κ3) is 4.92. The van der Waals surface area contributed by atoms with Crippen LogP contribution in [0.1, 0.15) is 52.9 Å². The second kappa shape index (κ2) is 6.69. The number of hydrogen-bond donors (Lipinski definition) is 1. The van der Waals surface area contributed by atoms with Crippen LogP contribution in [0.25, 0.3) is 0 Å². The highest BCUT2D eigenvalue weighted by molar-refractivity contribution is 7.80. The summed E-state index contributed by atoms with van der Waals surface area (Å²) in [6.45, 7) is 10.2. The van der Waals surface area contributed by atoms with Crippen LogP contribution in [-0.4, -0.2) is 29.5 Å². The fourth-order valence-corrected chi connectivity index (χ4v) is 2.39. The summed E-state index contributed by atoms with van der Waals surface area (Å²) < 4.78 is 0. The predicted molar refractivity (Wildman–Crippen MR) is 79.3 cm³/mol. The fourth-order valence-electron chi connectivity index (χ4n) is 2.29. The van der Waals surface area contributed by atoms with Crippen molar-refractivity contribution in [2.24, 2.45) is 17.1 Å². The Morgan fingerprint density at radius 3 is 2.47 bits per heavy atom. The predicted octanol–water partition coefficient (Wildman–Crippen LogP) is 3.20. The molecule has 1 saturated carbocycles. The number of thiocarbonyl (C=S) groups is 1. The van der Waals surface area contributed by atoms with Gasteiger partial charge in [0.25, 0.3) is 0 Å². The van der Waals surface area contributed by atoms with E-state index in [-0.39, 0.29) is 5.41 Å². The van der Waals surface area contributed by atoms with E-state index >= 15 is 0 Å². The number of nitrogens with zero attached hydrogens (tertiary/aromatic N) is 1. The molecule has 1 aliphatic rings. The molecular weight excluding hydrogens is 228 g/mol. The van der Waals surface area contributed by atoms with Crippen LogP contribution < -0.4 is 5.73 Å². The minimum atomic E-state index is 0.0191. The molecule has 1 aliphatic carbocycles. The van der Waals surface area contributed by atoms with E-state index in [1.165, 1.54) is 45.3 Å². The molecule has 0 saturated heterocycles. The van der Waals surface area contributed by atoms with Crippen molar-refractivity contribution in [3.05, 3.63) is 0 Å². The Morgan fingerprint density at radius 2 is 2.06 bits per heavy atom. The third-order valence-electron chi connectivity index (χ3n) is 4.13. The van der Waals surface area contributed by atoms with E-state index in [0.29, 0.717) is 4.99 Å². The first-order chi connectivity index (χ1) is 7.95. The average Bonchev–Trinajstić information content (AvgIpc) is 2.20. The molecule has 0 unspecified atom stereocenters.